The van der Waals surface area contributed by atoms with Gasteiger partial charge < -0.3 is 20.1 Å². The van der Waals surface area contributed by atoms with Gasteiger partial charge in [-0.05, 0) is 54.1 Å². The number of ether oxygens (including phenoxy) is 2. The Morgan fingerprint density at radius 1 is 0.952 bits per heavy atom. The Hall–Kier alpha value is -4.84. The summed E-state index contributed by atoms with van der Waals surface area (Å²) in [5, 5.41) is 6.49. The Bertz CT molecular complexity index is 1750. The molecule has 0 spiro atoms. The lowest BCUT2D eigenvalue weighted by Gasteiger charge is -2.27. The molecular formula is C31H26N6O4S. The van der Waals surface area contributed by atoms with E-state index in [0.29, 0.717) is 43.7 Å². The third kappa shape index (κ3) is 5.16. The van der Waals surface area contributed by atoms with Gasteiger partial charge in [-0.1, -0.05) is 30.3 Å². The van der Waals surface area contributed by atoms with Crippen LogP contribution in [0.15, 0.2) is 85.2 Å². The fraction of sp³-hybridized carbons (Fsp3) is 0.161. The van der Waals surface area contributed by atoms with Crippen molar-refractivity contribution < 1.29 is 19.1 Å². The van der Waals surface area contributed by atoms with Gasteiger partial charge in [0.25, 0.3) is 5.91 Å². The predicted octanol–water partition coefficient (Wildman–Crippen LogP) is 6.25. The number of morpholine rings is 1. The maximum atomic E-state index is 13.4. The van der Waals surface area contributed by atoms with Crippen LogP contribution >= 0.6 is 11.3 Å². The van der Waals surface area contributed by atoms with Crippen LogP contribution in [0, 0.1) is 0 Å². The van der Waals surface area contributed by atoms with Gasteiger partial charge in [0.15, 0.2) is 5.82 Å². The number of carbonyl (C=O) groups excluding carboxylic acids is 2. The number of nitrogens with one attached hydrogen (secondary N) is 2. The van der Waals surface area contributed by atoms with Crippen molar-refractivity contribution in [1.29, 1.82) is 0 Å². The summed E-state index contributed by atoms with van der Waals surface area (Å²) in [6.45, 7) is 4.17. The van der Waals surface area contributed by atoms with Crippen molar-refractivity contribution in [3.05, 3.63) is 95.6 Å². The zero-order valence-electron chi connectivity index (χ0n) is 22.4. The van der Waals surface area contributed by atoms with Gasteiger partial charge in [-0.2, -0.15) is 0 Å². The van der Waals surface area contributed by atoms with Crippen LogP contribution in [0.5, 0.6) is 11.5 Å². The summed E-state index contributed by atoms with van der Waals surface area (Å²) < 4.78 is 11.3. The van der Waals surface area contributed by atoms with Crippen molar-refractivity contribution >= 4 is 56.4 Å². The SMILES string of the molecule is O=C(Nc1ccc(CN2CCOCC2)cc1)c1sc2ncnc3c2c1NC(=O)N3c1ccc(Oc2ccccc2)cc1. The quantitative estimate of drug-likeness (QED) is 0.235. The van der Waals surface area contributed by atoms with Crippen LogP contribution in [0.2, 0.25) is 0 Å². The molecule has 7 rings (SSSR count). The number of rotatable bonds is 7. The van der Waals surface area contributed by atoms with Gasteiger partial charge in [0, 0.05) is 25.3 Å². The second-order valence-electron chi connectivity index (χ2n) is 9.90. The number of nitrogens with zero attached hydrogens (tertiary/aromatic N) is 4. The molecular weight excluding hydrogens is 552 g/mol. The van der Waals surface area contributed by atoms with E-state index in [1.807, 2.05) is 54.6 Å². The molecule has 0 unspecified atom stereocenters. The highest BCUT2D eigenvalue weighted by molar-refractivity contribution is 7.21. The van der Waals surface area contributed by atoms with Gasteiger partial charge in [0.1, 0.15) is 27.5 Å². The molecule has 5 aromatic rings. The first-order valence-corrected chi connectivity index (χ1v) is 14.4. The molecule has 0 aliphatic carbocycles. The highest BCUT2D eigenvalue weighted by Gasteiger charge is 2.33. The Kier molecular flexibility index (Phi) is 6.96. The highest BCUT2D eigenvalue weighted by Crippen LogP contribution is 2.45. The summed E-state index contributed by atoms with van der Waals surface area (Å²) >= 11 is 1.22. The van der Waals surface area contributed by atoms with Crippen LogP contribution in [0.25, 0.3) is 10.2 Å². The standard InChI is InChI=1S/C31H26N6O4S/c38-29(34-21-8-6-20(7-9-21)18-36-14-16-40-17-15-36)27-26-25-28(32-19-33-30(25)42-27)37(31(39)35-26)22-10-12-24(13-11-22)41-23-4-2-1-3-5-23/h1-13,19H,14-18H2,(H,34,38)(H,35,39). The number of carbonyl (C=O) groups is 2. The van der Waals surface area contributed by atoms with Gasteiger partial charge >= 0.3 is 6.03 Å². The van der Waals surface area contributed by atoms with E-state index in [2.05, 4.69) is 25.5 Å². The van der Waals surface area contributed by atoms with Gasteiger partial charge in [-0.15, -0.1) is 11.3 Å². The van der Waals surface area contributed by atoms with Crippen molar-refractivity contribution in [2.75, 3.05) is 41.8 Å². The first-order chi connectivity index (χ1) is 20.6. The Balaban J connectivity index is 1.11. The van der Waals surface area contributed by atoms with Crippen molar-refractivity contribution in [2.45, 2.75) is 6.54 Å². The third-order valence-corrected chi connectivity index (χ3v) is 8.21. The maximum absolute atomic E-state index is 13.4. The molecule has 1 fully saturated rings. The summed E-state index contributed by atoms with van der Waals surface area (Å²) in [5.41, 5.74) is 2.85. The van der Waals surface area contributed by atoms with Crippen molar-refractivity contribution in [1.82, 2.24) is 14.9 Å². The van der Waals surface area contributed by atoms with Crippen molar-refractivity contribution in [3.8, 4) is 11.5 Å². The molecule has 11 heteroatoms. The zero-order chi connectivity index (χ0) is 28.5. The second-order valence-corrected chi connectivity index (χ2v) is 10.9. The second kappa shape index (κ2) is 11.2. The van der Waals surface area contributed by atoms with E-state index < -0.39 is 6.03 Å². The van der Waals surface area contributed by atoms with Crippen LogP contribution in [0.4, 0.5) is 27.7 Å². The summed E-state index contributed by atoms with van der Waals surface area (Å²) in [6.07, 6.45) is 1.41. The smallest absolute Gasteiger partial charge is 0.332 e. The summed E-state index contributed by atoms with van der Waals surface area (Å²) in [5.74, 6) is 1.45. The minimum atomic E-state index is -0.417. The molecule has 4 heterocycles. The fourth-order valence-electron chi connectivity index (χ4n) is 5.05. The first-order valence-electron chi connectivity index (χ1n) is 13.5. The molecule has 1 saturated heterocycles. The molecule has 2 aromatic heterocycles. The number of amides is 3. The molecule has 0 saturated carbocycles. The van der Waals surface area contributed by atoms with E-state index in [4.69, 9.17) is 9.47 Å². The fourth-order valence-corrected chi connectivity index (χ4v) is 6.04. The lowest BCUT2D eigenvalue weighted by Crippen LogP contribution is -2.35. The lowest BCUT2D eigenvalue weighted by atomic mass is 10.1. The Morgan fingerprint density at radius 3 is 2.45 bits per heavy atom. The van der Waals surface area contributed by atoms with Gasteiger partial charge in [0.05, 0.1) is 30.0 Å². The first kappa shape index (κ1) is 26.1. The average molecular weight is 579 g/mol. The largest absolute Gasteiger partial charge is 0.457 e. The number of hydrogen-bond donors (Lipinski definition) is 2. The van der Waals surface area contributed by atoms with Crippen LogP contribution in [-0.4, -0.2) is 53.1 Å². The molecule has 0 atom stereocenters. The monoisotopic (exact) mass is 578 g/mol. The molecule has 0 bridgehead atoms. The van der Waals surface area contributed by atoms with E-state index in [9.17, 15) is 9.59 Å². The molecule has 210 valence electrons. The van der Waals surface area contributed by atoms with Crippen LogP contribution in [-0.2, 0) is 11.3 Å². The van der Waals surface area contributed by atoms with Crippen LogP contribution in [0.1, 0.15) is 15.2 Å². The van der Waals surface area contributed by atoms with Crippen LogP contribution < -0.4 is 20.3 Å². The topological polar surface area (TPSA) is 109 Å². The number of hydrogen-bond acceptors (Lipinski definition) is 8. The lowest BCUT2D eigenvalue weighted by molar-refractivity contribution is 0.0342. The Morgan fingerprint density at radius 2 is 1.69 bits per heavy atom. The van der Waals surface area contributed by atoms with E-state index in [0.717, 1.165) is 38.6 Å². The summed E-state index contributed by atoms with van der Waals surface area (Å²) in [6, 6.07) is 24.0. The predicted molar refractivity (Wildman–Crippen MR) is 162 cm³/mol. The normalized spacial score (nSPS) is 15.0. The minimum Gasteiger partial charge on any atom is -0.457 e. The molecule has 2 aliphatic rings. The van der Waals surface area contributed by atoms with Crippen LogP contribution in [0.3, 0.4) is 0 Å². The molecule has 10 nitrogen and oxygen atoms in total. The number of anilines is 4. The number of benzene rings is 3. The van der Waals surface area contributed by atoms with Gasteiger partial charge in [-0.25, -0.2) is 19.7 Å². The van der Waals surface area contributed by atoms with Crippen molar-refractivity contribution in [3.63, 3.8) is 0 Å². The van der Waals surface area contributed by atoms with E-state index >= 15 is 0 Å². The maximum Gasteiger partial charge on any atom is 0.332 e. The number of para-hydroxylation sites is 1. The molecule has 3 amide bonds. The number of urea groups is 1. The number of thiophene rings is 1. The van der Waals surface area contributed by atoms with Gasteiger partial charge in [-0.3, -0.25) is 9.69 Å². The number of aromatic nitrogens is 2. The third-order valence-electron chi connectivity index (χ3n) is 7.12. The Labute approximate surface area is 245 Å². The summed E-state index contributed by atoms with van der Waals surface area (Å²) in [4.78, 5) is 40.4. The van der Waals surface area contributed by atoms with E-state index in [1.165, 1.54) is 28.1 Å². The molecule has 2 aliphatic heterocycles. The van der Waals surface area contributed by atoms with E-state index in [1.54, 1.807) is 24.3 Å². The van der Waals surface area contributed by atoms with E-state index in [-0.39, 0.29) is 5.91 Å². The molecule has 42 heavy (non-hydrogen) atoms. The molecule has 2 N–H and O–H groups in total. The van der Waals surface area contributed by atoms with Gasteiger partial charge in [0.2, 0.25) is 0 Å². The van der Waals surface area contributed by atoms with Crippen molar-refractivity contribution in [2.24, 2.45) is 0 Å². The average Bonchev–Trinajstić information content (AvgIpc) is 3.39. The molecule has 3 aromatic carbocycles. The highest BCUT2D eigenvalue weighted by atomic mass is 32.1. The molecule has 0 radical (unpaired) electrons. The minimum absolute atomic E-state index is 0.323. The zero-order valence-corrected chi connectivity index (χ0v) is 23.3. The summed E-state index contributed by atoms with van der Waals surface area (Å²) in [7, 11) is 0.